The maximum atomic E-state index is 5.19. The van der Waals surface area contributed by atoms with E-state index in [0.29, 0.717) is 5.84 Å². The molecule has 1 aromatic heterocycles. The summed E-state index contributed by atoms with van der Waals surface area (Å²) in [4.78, 5) is 9.45. The molecule has 0 radical (unpaired) electrons. The van der Waals surface area contributed by atoms with Gasteiger partial charge in [0.2, 0.25) is 0 Å². The van der Waals surface area contributed by atoms with Crippen LogP contribution in [-0.4, -0.2) is 24.1 Å². The first-order chi connectivity index (χ1) is 14.2. The highest BCUT2D eigenvalue weighted by atomic mass is 32.1. The molecule has 0 spiro atoms. The Morgan fingerprint density at radius 3 is 2.48 bits per heavy atom. The molecule has 1 N–H and O–H groups in total. The number of thiazole rings is 1. The highest BCUT2D eigenvalue weighted by molar-refractivity contribution is 7.20. The molecule has 4 rings (SSSR count). The number of nitrogens with one attached hydrogen (secondary N) is 1. The summed E-state index contributed by atoms with van der Waals surface area (Å²) in [6, 6.07) is 23.8. The van der Waals surface area contributed by atoms with Crippen LogP contribution < -0.4 is 10.2 Å². The Morgan fingerprint density at radius 2 is 1.76 bits per heavy atom. The quantitative estimate of drug-likeness (QED) is 0.280. The lowest BCUT2D eigenvalue weighted by Gasteiger charge is -2.03. The lowest BCUT2D eigenvalue weighted by atomic mass is 10.2. The predicted molar refractivity (Wildman–Crippen MR) is 121 cm³/mol. The van der Waals surface area contributed by atoms with Crippen LogP contribution in [0.25, 0.3) is 10.2 Å². The van der Waals surface area contributed by atoms with E-state index in [-0.39, 0.29) is 0 Å². The molecule has 0 aliphatic rings. The predicted octanol–water partition coefficient (Wildman–Crippen LogP) is 5.32. The van der Waals surface area contributed by atoms with Gasteiger partial charge >= 0.3 is 0 Å². The van der Waals surface area contributed by atoms with Crippen molar-refractivity contribution in [3.8, 4) is 5.75 Å². The van der Waals surface area contributed by atoms with Crippen molar-refractivity contribution in [1.82, 2.24) is 10.4 Å². The third-order valence-corrected chi connectivity index (χ3v) is 5.31. The minimum absolute atomic E-state index is 0.611. The Hall–Kier alpha value is -3.51. The number of hydrogen-bond acceptors (Lipinski definition) is 5. The minimum Gasteiger partial charge on any atom is -0.497 e. The van der Waals surface area contributed by atoms with Gasteiger partial charge in [0, 0.05) is 0 Å². The van der Waals surface area contributed by atoms with E-state index in [9.17, 15) is 0 Å². The van der Waals surface area contributed by atoms with E-state index >= 15 is 0 Å². The SMILES string of the molecule is COc1ccc(C=NNC(=Nc2ccc(C)cc2)c2nc3ccccc3s2)cc1. The van der Waals surface area contributed by atoms with Gasteiger partial charge in [-0.05, 0) is 61.0 Å². The van der Waals surface area contributed by atoms with Crippen molar-refractivity contribution in [2.75, 3.05) is 7.11 Å². The Labute approximate surface area is 173 Å². The van der Waals surface area contributed by atoms with Crippen LogP contribution in [0.5, 0.6) is 5.75 Å². The second-order valence-electron chi connectivity index (χ2n) is 6.43. The molecule has 0 amide bonds. The number of amidine groups is 1. The van der Waals surface area contributed by atoms with E-state index in [1.54, 1.807) is 24.7 Å². The van der Waals surface area contributed by atoms with E-state index in [2.05, 4.69) is 23.5 Å². The molecule has 3 aromatic carbocycles. The van der Waals surface area contributed by atoms with Gasteiger partial charge in [0.05, 0.1) is 29.2 Å². The van der Waals surface area contributed by atoms with Crippen molar-refractivity contribution in [2.24, 2.45) is 10.1 Å². The first-order valence-electron chi connectivity index (χ1n) is 9.16. The van der Waals surface area contributed by atoms with Gasteiger partial charge in [-0.25, -0.2) is 9.98 Å². The van der Waals surface area contributed by atoms with E-state index < -0.39 is 0 Å². The van der Waals surface area contributed by atoms with Crippen LogP contribution in [-0.2, 0) is 0 Å². The highest BCUT2D eigenvalue weighted by Crippen LogP contribution is 2.23. The number of hydrazone groups is 1. The fourth-order valence-corrected chi connectivity index (χ4v) is 3.61. The summed E-state index contributed by atoms with van der Waals surface area (Å²) in [5, 5.41) is 5.17. The lowest BCUT2D eigenvalue weighted by molar-refractivity contribution is 0.415. The van der Waals surface area contributed by atoms with Crippen LogP contribution in [0.1, 0.15) is 16.1 Å². The molecule has 0 fully saturated rings. The average molecular weight is 401 g/mol. The smallest absolute Gasteiger partial charge is 0.183 e. The van der Waals surface area contributed by atoms with Crippen molar-refractivity contribution in [1.29, 1.82) is 0 Å². The third-order valence-electron chi connectivity index (χ3n) is 4.27. The van der Waals surface area contributed by atoms with Gasteiger partial charge in [-0.15, -0.1) is 11.3 Å². The zero-order valence-corrected chi connectivity index (χ0v) is 17.0. The van der Waals surface area contributed by atoms with Crippen LogP contribution in [0.15, 0.2) is 82.9 Å². The van der Waals surface area contributed by atoms with Gasteiger partial charge in [0.25, 0.3) is 0 Å². The highest BCUT2D eigenvalue weighted by Gasteiger charge is 2.10. The van der Waals surface area contributed by atoms with Gasteiger partial charge in [0.1, 0.15) is 5.75 Å². The summed E-state index contributed by atoms with van der Waals surface area (Å²) in [6.45, 7) is 2.05. The Bertz CT molecular complexity index is 1130. The van der Waals surface area contributed by atoms with Crippen LogP contribution in [0.4, 0.5) is 5.69 Å². The number of benzene rings is 3. The molecule has 4 aromatic rings. The van der Waals surface area contributed by atoms with Gasteiger partial charge in [-0.1, -0.05) is 29.8 Å². The number of aromatic nitrogens is 1. The second kappa shape index (κ2) is 8.67. The van der Waals surface area contributed by atoms with Crippen molar-refractivity contribution < 1.29 is 4.74 Å². The van der Waals surface area contributed by atoms with Gasteiger partial charge in [-0.3, -0.25) is 5.43 Å². The van der Waals surface area contributed by atoms with Gasteiger partial charge in [0.15, 0.2) is 10.8 Å². The number of fused-ring (bicyclic) bond motifs is 1. The number of ether oxygens (including phenoxy) is 1. The number of nitrogens with zero attached hydrogens (tertiary/aromatic N) is 3. The number of methoxy groups -OCH3 is 1. The van der Waals surface area contributed by atoms with Crippen LogP contribution in [0.3, 0.4) is 0 Å². The lowest BCUT2D eigenvalue weighted by Crippen LogP contribution is -2.18. The topological polar surface area (TPSA) is 58.9 Å². The zero-order valence-electron chi connectivity index (χ0n) is 16.2. The molecule has 0 unspecified atom stereocenters. The van der Waals surface area contributed by atoms with Gasteiger partial charge in [-0.2, -0.15) is 5.10 Å². The molecule has 1 heterocycles. The Kier molecular flexibility index (Phi) is 5.63. The van der Waals surface area contributed by atoms with Crippen LogP contribution in [0.2, 0.25) is 0 Å². The summed E-state index contributed by atoms with van der Waals surface area (Å²) in [5.74, 6) is 1.42. The summed E-state index contributed by atoms with van der Waals surface area (Å²) < 4.78 is 6.30. The molecule has 6 heteroatoms. The number of rotatable bonds is 5. The first kappa shape index (κ1) is 18.8. The molecular weight excluding hydrogens is 380 g/mol. The molecule has 0 bridgehead atoms. The van der Waals surface area contributed by atoms with Gasteiger partial charge < -0.3 is 4.74 Å². The van der Waals surface area contributed by atoms with E-state index in [4.69, 9.17) is 14.7 Å². The number of aliphatic imine (C=N–C) groups is 1. The zero-order chi connectivity index (χ0) is 20.1. The fourth-order valence-electron chi connectivity index (χ4n) is 2.70. The normalized spacial score (nSPS) is 11.9. The molecule has 0 saturated heterocycles. The average Bonchev–Trinajstić information content (AvgIpc) is 3.19. The fraction of sp³-hybridized carbons (Fsp3) is 0.0870. The number of para-hydroxylation sites is 1. The maximum Gasteiger partial charge on any atom is 0.183 e. The molecule has 144 valence electrons. The molecule has 0 aliphatic carbocycles. The first-order valence-corrected chi connectivity index (χ1v) is 9.97. The van der Waals surface area contributed by atoms with Crippen LogP contribution >= 0.6 is 11.3 Å². The summed E-state index contributed by atoms with van der Waals surface area (Å²) in [6.07, 6.45) is 1.75. The number of hydrogen-bond donors (Lipinski definition) is 1. The van der Waals surface area contributed by atoms with Crippen molar-refractivity contribution in [2.45, 2.75) is 6.92 Å². The Balaban J connectivity index is 1.63. The molecule has 5 nitrogen and oxygen atoms in total. The Morgan fingerprint density at radius 1 is 1.00 bits per heavy atom. The minimum atomic E-state index is 0.611. The molecule has 29 heavy (non-hydrogen) atoms. The number of aryl methyl sites for hydroxylation is 1. The van der Waals surface area contributed by atoms with Crippen molar-refractivity contribution in [3.63, 3.8) is 0 Å². The summed E-state index contributed by atoms with van der Waals surface area (Å²) in [5.41, 5.74) is 7.01. The molecular formula is C23H20N4OS. The molecule has 0 atom stereocenters. The van der Waals surface area contributed by atoms with E-state index in [1.165, 1.54) is 5.56 Å². The van der Waals surface area contributed by atoms with Crippen molar-refractivity contribution in [3.05, 3.63) is 88.9 Å². The van der Waals surface area contributed by atoms with E-state index in [0.717, 1.165) is 32.2 Å². The van der Waals surface area contributed by atoms with E-state index in [1.807, 2.05) is 66.7 Å². The van der Waals surface area contributed by atoms with Crippen LogP contribution in [0, 0.1) is 6.92 Å². The summed E-state index contributed by atoms with van der Waals surface area (Å²) >= 11 is 1.58. The largest absolute Gasteiger partial charge is 0.497 e. The molecule has 0 saturated carbocycles. The second-order valence-corrected chi connectivity index (χ2v) is 7.46. The molecule has 0 aliphatic heterocycles. The van der Waals surface area contributed by atoms with Crippen molar-refractivity contribution >= 4 is 39.3 Å². The maximum absolute atomic E-state index is 5.19. The summed E-state index contributed by atoms with van der Waals surface area (Å²) in [7, 11) is 1.65. The monoisotopic (exact) mass is 400 g/mol. The standard InChI is InChI=1S/C23H20N4OS/c1-16-7-11-18(12-8-16)25-22(23-26-20-5-3-4-6-21(20)29-23)27-24-15-17-9-13-19(28-2)14-10-17/h3-15H,1-2H3,(H,25,27). The third kappa shape index (κ3) is 4.67.